The zero-order valence-electron chi connectivity index (χ0n) is 20.0. The van der Waals surface area contributed by atoms with Gasteiger partial charge >= 0.3 is 0 Å². The summed E-state index contributed by atoms with van der Waals surface area (Å²) in [4.78, 5) is 32.8. The van der Waals surface area contributed by atoms with Crippen molar-refractivity contribution in [1.29, 1.82) is 0 Å². The van der Waals surface area contributed by atoms with Crippen LogP contribution in [0.1, 0.15) is 41.3 Å². The molecule has 0 radical (unpaired) electrons. The van der Waals surface area contributed by atoms with E-state index in [0.717, 1.165) is 11.3 Å². The Morgan fingerprint density at radius 1 is 1.27 bits per heavy atom. The van der Waals surface area contributed by atoms with E-state index in [2.05, 4.69) is 30.0 Å². The van der Waals surface area contributed by atoms with Crippen LogP contribution in [0.5, 0.6) is 5.88 Å². The van der Waals surface area contributed by atoms with Gasteiger partial charge in [0.25, 0.3) is 5.91 Å². The average molecular weight is 548 g/mol. The number of hydrogen-bond donors (Lipinski definition) is 2. The third-order valence-electron chi connectivity index (χ3n) is 5.88. The Hall–Kier alpha value is -3.23. The second-order valence-corrected chi connectivity index (χ2v) is 11.9. The molecule has 14 heteroatoms. The lowest BCUT2D eigenvalue weighted by molar-refractivity contribution is 0.0547. The summed E-state index contributed by atoms with van der Waals surface area (Å²) in [7, 11) is -3.46. The van der Waals surface area contributed by atoms with Crippen LogP contribution in [0.25, 0.3) is 10.6 Å². The lowest BCUT2D eigenvalue weighted by Crippen LogP contribution is -2.51. The summed E-state index contributed by atoms with van der Waals surface area (Å²) in [6.45, 7) is 3.14. The molecule has 0 bridgehead atoms. The van der Waals surface area contributed by atoms with Gasteiger partial charge in [0.05, 0.1) is 46.6 Å². The fraction of sp³-hybridized carbons (Fsp3) is 0.435. The molecule has 2 aliphatic rings. The Labute approximate surface area is 217 Å². The number of nitrogens with zero attached hydrogens (tertiary/aromatic N) is 5. The van der Waals surface area contributed by atoms with Gasteiger partial charge < -0.3 is 10.1 Å². The fourth-order valence-corrected chi connectivity index (χ4v) is 6.01. The highest BCUT2D eigenvalue weighted by molar-refractivity contribution is 7.93. The van der Waals surface area contributed by atoms with Crippen molar-refractivity contribution in [1.82, 2.24) is 30.2 Å². The minimum atomic E-state index is -3.46. The Morgan fingerprint density at radius 2 is 2.08 bits per heavy atom. The van der Waals surface area contributed by atoms with Crippen molar-refractivity contribution in [3.05, 3.63) is 47.6 Å². The Kier molecular flexibility index (Phi) is 7.31. The van der Waals surface area contributed by atoms with Gasteiger partial charge in [0.15, 0.2) is 5.01 Å². The van der Waals surface area contributed by atoms with E-state index in [1.165, 1.54) is 12.4 Å². The summed E-state index contributed by atoms with van der Waals surface area (Å²) in [6, 6.07) is 2.55. The summed E-state index contributed by atoms with van der Waals surface area (Å²) in [5.74, 6) is -0.0540. The first-order valence-electron chi connectivity index (χ1n) is 11.9. The monoisotopic (exact) mass is 547 g/mol. The number of pyridine rings is 1. The van der Waals surface area contributed by atoms with Crippen molar-refractivity contribution in [3.8, 4) is 16.5 Å². The maximum Gasteiger partial charge on any atom is 0.280 e. The topological polar surface area (TPSA) is 139 Å². The third-order valence-corrected chi connectivity index (χ3v) is 8.77. The van der Waals surface area contributed by atoms with Crippen LogP contribution in [0.3, 0.4) is 0 Å². The Balaban J connectivity index is 1.33. The standard InChI is InChI=1S/C23H26FN7O4S2/c1-2-35-21-10-25-8-18(28-21)20-9-27-23(36-20)22(32)29-19(13-31-11-14(24)12-31)17-7-15(5-6-26-17)30-37(33,34)16-3-4-16/h5-10,14,16,19H,2-4,11-13H2,1H3,(H,26,30)(H,29,32). The van der Waals surface area contributed by atoms with E-state index in [1.54, 1.807) is 24.5 Å². The normalized spacial score (nSPS) is 17.1. The molecule has 3 aromatic rings. The molecule has 1 atom stereocenters. The van der Waals surface area contributed by atoms with E-state index in [0.29, 0.717) is 53.8 Å². The molecule has 0 aromatic carbocycles. The van der Waals surface area contributed by atoms with E-state index in [-0.39, 0.29) is 23.3 Å². The highest BCUT2D eigenvalue weighted by Gasteiger charge is 2.36. The van der Waals surface area contributed by atoms with Gasteiger partial charge in [0, 0.05) is 32.0 Å². The number of hydrogen-bond acceptors (Lipinski definition) is 10. The average Bonchev–Trinajstić information content (AvgIpc) is 3.61. The number of alkyl halides is 1. The van der Waals surface area contributed by atoms with Gasteiger partial charge in [0.2, 0.25) is 15.9 Å². The second kappa shape index (κ2) is 10.6. The zero-order chi connectivity index (χ0) is 26.0. The first-order chi connectivity index (χ1) is 17.8. The minimum absolute atomic E-state index is 0.209. The highest BCUT2D eigenvalue weighted by atomic mass is 32.2. The number of rotatable bonds is 11. The van der Waals surface area contributed by atoms with Crippen molar-refractivity contribution in [2.75, 3.05) is 31.0 Å². The zero-order valence-corrected chi connectivity index (χ0v) is 21.6. The number of likely N-dealkylation sites (tertiary alicyclic amines) is 1. The van der Waals surface area contributed by atoms with Gasteiger partial charge in [-0.2, -0.15) is 0 Å². The van der Waals surface area contributed by atoms with Gasteiger partial charge in [-0.3, -0.25) is 24.4 Å². The van der Waals surface area contributed by atoms with Gasteiger partial charge in [-0.15, -0.1) is 11.3 Å². The van der Waals surface area contributed by atoms with E-state index >= 15 is 0 Å². The molecule has 1 aliphatic heterocycles. The molecule has 1 saturated carbocycles. The van der Waals surface area contributed by atoms with Crippen molar-refractivity contribution in [2.24, 2.45) is 0 Å². The summed E-state index contributed by atoms with van der Waals surface area (Å²) in [5, 5.41) is 2.76. The molecule has 4 heterocycles. The quantitative estimate of drug-likeness (QED) is 0.370. The SMILES string of the molecule is CCOc1cncc(-c2cnc(C(=O)NC(CN3CC(F)C3)c3cc(NS(=O)(=O)C4CC4)ccn3)s2)n1. The molecular weight excluding hydrogens is 521 g/mol. The molecular formula is C23H26FN7O4S2. The molecule has 1 saturated heterocycles. The van der Waals surface area contributed by atoms with Crippen LogP contribution in [0, 0.1) is 0 Å². The molecule has 11 nitrogen and oxygen atoms in total. The number of sulfonamides is 1. The number of ether oxygens (including phenoxy) is 1. The van der Waals surface area contributed by atoms with Crippen LogP contribution in [0.4, 0.5) is 10.1 Å². The van der Waals surface area contributed by atoms with E-state index in [9.17, 15) is 17.6 Å². The maximum absolute atomic E-state index is 13.5. The number of carbonyl (C=O) groups is 1. The number of nitrogens with one attached hydrogen (secondary N) is 2. The number of halogens is 1. The summed E-state index contributed by atoms with van der Waals surface area (Å²) in [6.07, 6.45) is 6.48. The van der Waals surface area contributed by atoms with Gasteiger partial charge in [-0.1, -0.05) is 0 Å². The first kappa shape index (κ1) is 25.4. The number of amides is 1. The van der Waals surface area contributed by atoms with Crippen molar-refractivity contribution < 1.29 is 22.3 Å². The Morgan fingerprint density at radius 3 is 2.81 bits per heavy atom. The van der Waals surface area contributed by atoms with Crippen LogP contribution < -0.4 is 14.8 Å². The molecule has 2 fully saturated rings. The molecule has 3 aromatic heterocycles. The van der Waals surface area contributed by atoms with E-state index in [1.807, 2.05) is 11.8 Å². The van der Waals surface area contributed by atoms with Crippen LogP contribution in [-0.2, 0) is 10.0 Å². The van der Waals surface area contributed by atoms with Gasteiger partial charge in [0.1, 0.15) is 11.9 Å². The van der Waals surface area contributed by atoms with Crippen molar-refractivity contribution in [2.45, 2.75) is 37.2 Å². The van der Waals surface area contributed by atoms with E-state index < -0.39 is 28.1 Å². The van der Waals surface area contributed by atoms with E-state index in [4.69, 9.17) is 4.74 Å². The molecule has 196 valence electrons. The predicted molar refractivity (Wildman–Crippen MR) is 136 cm³/mol. The summed E-state index contributed by atoms with van der Waals surface area (Å²) < 4.78 is 46.2. The maximum atomic E-state index is 13.5. The second-order valence-electron chi connectivity index (χ2n) is 8.86. The molecule has 1 amide bonds. The molecule has 0 spiro atoms. The number of carbonyl (C=O) groups excluding carboxylic acids is 1. The lowest BCUT2D eigenvalue weighted by atomic mass is 10.1. The third kappa shape index (κ3) is 6.19. The van der Waals surface area contributed by atoms with Gasteiger partial charge in [-0.05, 0) is 31.9 Å². The van der Waals surface area contributed by atoms with Gasteiger partial charge in [-0.25, -0.2) is 22.8 Å². The molecule has 1 aliphatic carbocycles. The fourth-order valence-electron chi connectivity index (χ4n) is 3.86. The lowest BCUT2D eigenvalue weighted by Gasteiger charge is -2.36. The summed E-state index contributed by atoms with van der Waals surface area (Å²) in [5.41, 5.74) is 1.36. The molecule has 1 unspecified atom stereocenters. The Bertz CT molecular complexity index is 1380. The number of anilines is 1. The van der Waals surface area contributed by atoms with Crippen molar-refractivity contribution in [3.63, 3.8) is 0 Å². The number of thiazole rings is 1. The first-order valence-corrected chi connectivity index (χ1v) is 14.2. The minimum Gasteiger partial charge on any atom is -0.477 e. The van der Waals surface area contributed by atoms with Crippen molar-refractivity contribution >= 4 is 33.0 Å². The molecule has 5 rings (SSSR count). The largest absolute Gasteiger partial charge is 0.477 e. The van der Waals surface area contributed by atoms with Crippen LogP contribution in [0.15, 0.2) is 36.9 Å². The molecule has 37 heavy (non-hydrogen) atoms. The smallest absolute Gasteiger partial charge is 0.280 e. The molecule has 2 N–H and O–H groups in total. The predicted octanol–water partition coefficient (Wildman–Crippen LogP) is 2.42. The number of aromatic nitrogens is 4. The highest BCUT2D eigenvalue weighted by Crippen LogP contribution is 2.30. The van der Waals surface area contributed by atoms with Crippen LogP contribution in [-0.4, -0.2) is 76.8 Å². The summed E-state index contributed by atoms with van der Waals surface area (Å²) >= 11 is 1.15. The van der Waals surface area contributed by atoms with Crippen LogP contribution >= 0.6 is 11.3 Å². The van der Waals surface area contributed by atoms with Crippen LogP contribution in [0.2, 0.25) is 0 Å².